The van der Waals surface area contributed by atoms with E-state index in [4.69, 9.17) is 14.6 Å². The summed E-state index contributed by atoms with van der Waals surface area (Å²) in [5.41, 5.74) is 1.02. The number of carbonyl (C=O) groups excluding carboxylic acids is 1. The van der Waals surface area contributed by atoms with Crippen LogP contribution >= 0.6 is 11.8 Å². The summed E-state index contributed by atoms with van der Waals surface area (Å²) in [6.07, 6.45) is 0.274. The number of hydrogen-bond acceptors (Lipinski definition) is 5. The zero-order chi connectivity index (χ0) is 15.2. The second-order valence-electron chi connectivity index (χ2n) is 4.51. The zero-order valence-corrected chi connectivity index (χ0v) is 12.4. The van der Waals surface area contributed by atoms with Crippen LogP contribution in [0, 0.1) is 0 Å². The van der Waals surface area contributed by atoms with Crippen LogP contribution < -0.4 is 14.8 Å². The molecule has 7 heteroatoms. The predicted octanol–water partition coefficient (Wildman–Crippen LogP) is 1.63. The molecule has 0 saturated heterocycles. The molecule has 0 aliphatic carbocycles. The third-order valence-corrected chi connectivity index (χ3v) is 4.05. The summed E-state index contributed by atoms with van der Waals surface area (Å²) in [6, 6.07) is 4.78. The van der Waals surface area contributed by atoms with E-state index in [1.807, 2.05) is 18.2 Å². The molecule has 1 aliphatic rings. The van der Waals surface area contributed by atoms with Gasteiger partial charge in [-0.2, -0.15) is 11.8 Å². The number of amides is 1. The maximum atomic E-state index is 11.3. The minimum absolute atomic E-state index is 0.232. The first-order chi connectivity index (χ1) is 10.1. The molecule has 1 aromatic carbocycles. The Balaban J connectivity index is 1.84. The highest BCUT2D eigenvalue weighted by Crippen LogP contribution is 2.33. The van der Waals surface area contributed by atoms with Gasteiger partial charge in [0.2, 0.25) is 12.7 Å². The number of carboxylic acids is 1. The average molecular weight is 311 g/mol. The summed E-state index contributed by atoms with van der Waals surface area (Å²) in [5, 5.41) is 11.6. The van der Waals surface area contributed by atoms with E-state index < -0.39 is 12.0 Å². The molecule has 0 radical (unpaired) electrons. The van der Waals surface area contributed by atoms with Gasteiger partial charge in [0.1, 0.15) is 6.04 Å². The quantitative estimate of drug-likeness (QED) is 0.796. The Hall–Kier alpha value is -1.89. The Labute approximate surface area is 126 Å². The molecule has 0 saturated carbocycles. The molecule has 114 valence electrons. The van der Waals surface area contributed by atoms with Crippen LogP contribution in [0.15, 0.2) is 18.2 Å². The van der Waals surface area contributed by atoms with Crippen molar-refractivity contribution in [2.24, 2.45) is 0 Å². The van der Waals surface area contributed by atoms with Crippen LogP contribution in [0.3, 0.4) is 0 Å². The normalized spacial score (nSPS) is 13.8. The van der Waals surface area contributed by atoms with Gasteiger partial charge in [-0.25, -0.2) is 4.79 Å². The summed E-state index contributed by atoms with van der Waals surface area (Å²) in [5.74, 6) is 1.11. The van der Waals surface area contributed by atoms with Crippen LogP contribution in [0.5, 0.6) is 11.5 Å². The molecule has 1 amide bonds. The minimum atomic E-state index is -1.02. The lowest BCUT2D eigenvalue weighted by Crippen LogP contribution is -2.42. The number of ether oxygens (including phenoxy) is 2. The van der Waals surface area contributed by atoms with E-state index in [1.54, 1.807) is 6.92 Å². The van der Waals surface area contributed by atoms with Crippen LogP contribution in [0.2, 0.25) is 0 Å². The number of hydrogen-bond donors (Lipinski definition) is 2. The summed E-state index contributed by atoms with van der Waals surface area (Å²) in [6.45, 7) is 1.92. The van der Waals surface area contributed by atoms with Gasteiger partial charge in [-0.05, 0) is 17.7 Å². The first-order valence-electron chi connectivity index (χ1n) is 6.58. The van der Waals surface area contributed by atoms with Crippen LogP contribution in [0.4, 0.5) is 0 Å². The molecule has 2 N–H and O–H groups in total. The molecule has 1 aromatic rings. The number of carboxylic acid groups (broad SMARTS) is 1. The topological polar surface area (TPSA) is 84.9 Å². The van der Waals surface area contributed by atoms with Crippen molar-refractivity contribution < 1.29 is 24.2 Å². The lowest BCUT2D eigenvalue weighted by Gasteiger charge is -2.13. The van der Waals surface area contributed by atoms with Gasteiger partial charge in [-0.15, -0.1) is 0 Å². The van der Waals surface area contributed by atoms with Crippen molar-refractivity contribution in [1.82, 2.24) is 5.32 Å². The molecule has 0 spiro atoms. The highest BCUT2D eigenvalue weighted by molar-refractivity contribution is 7.98. The van der Waals surface area contributed by atoms with Crippen LogP contribution in [0.25, 0.3) is 0 Å². The van der Waals surface area contributed by atoms with Gasteiger partial charge in [0.15, 0.2) is 11.5 Å². The number of thioether (sulfide) groups is 1. The average Bonchev–Trinajstić information content (AvgIpc) is 2.93. The molecule has 21 heavy (non-hydrogen) atoms. The third kappa shape index (κ3) is 4.29. The monoisotopic (exact) mass is 311 g/mol. The molecule has 1 unspecified atom stereocenters. The van der Waals surface area contributed by atoms with Gasteiger partial charge < -0.3 is 19.9 Å². The molecular weight excluding hydrogens is 294 g/mol. The largest absolute Gasteiger partial charge is 0.480 e. The van der Waals surface area contributed by atoms with E-state index in [2.05, 4.69) is 5.32 Å². The summed E-state index contributed by atoms with van der Waals surface area (Å²) < 4.78 is 10.5. The molecule has 6 nitrogen and oxygen atoms in total. The van der Waals surface area contributed by atoms with Crippen molar-refractivity contribution in [2.75, 3.05) is 12.5 Å². The summed E-state index contributed by atoms with van der Waals surface area (Å²) >= 11 is 1.45. The Bertz CT molecular complexity index is 534. The van der Waals surface area contributed by atoms with E-state index in [9.17, 15) is 9.59 Å². The minimum Gasteiger partial charge on any atom is -0.480 e. The van der Waals surface area contributed by atoms with Gasteiger partial charge >= 0.3 is 5.97 Å². The van der Waals surface area contributed by atoms with Crippen molar-refractivity contribution in [3.63, 3.8) is 0 Å². The van der Waals surface area contributed by atoms with Gasteiger partial charge in [0, 0.05) is 17.9 Å². The Kier molecular flexibility index (Phi) is 5.32. The number of aliphatic carboxylic acids is 1. The summed E-state index contributed by atoms with van der Waals surface area (Å²) in [7, 11) is 0. The molecule has 1 atom stereocenters. The lowest BCUT2D eigenvalue weighted by atomic mass is 10.2. The molecular formula is C14H17NO5S. The SMILES string of the molecule is CCC(=O)NC(CSCc1ccc2c(c1)OCO2)C(=O)O. The third-order valence-electron chi connectivity index (χ3n) is 2.94. The fourth-order valence-electron chi connectivity index (χ4n) is 1.80. The Morgan fingerprint density at radius 1 is 1.38 bits per heavy atom. The van der Waals surface area contributed by atoms with Gasteiger partial charge in [0.05, 0.1) is 0 Å². The van der Waals surface area contributed by atoms with Gasteiger partial charge in [-0.1, -0.05) is 13.0 Å². The second kappa shape index (κ2) is 7.21. The van der Waals surface area contributed by atoms with E-state index in [-0.39, 0.29) is 19.1 Å². The number of carbonyl (C=O) groups is 2. The molecule has 0 aromatic heterocycles. The molecule has 2 rings (SSSR count). The van der Waals surface area contributed by atoms with E-state index in [1.165, 1.54) is 11.8 Å². The van der Waals surface area contributed by atoms with Crippen LogP contribution in [0.1, 0.15) is 18.9 Å². The van der Waals surface area contributed by atoms with Crippen LogP contribution in [-0.4, -0.2) is 35.6 Å². The smallest absolute Gasteiger partial charge is 0.327 e. The van der Waals surface area contributed by atoms with Crippen molar-refractivity contribution in [1.29, 1.82) is 0 Å². The lowest BCUT2D eigenvalue weighted by molar-refractivity contribution is -0.141. The molecule has 0 bridgehead atoms. The van der Waals surface area contributed by atoms with E-state index in [0.29, 0.717) is 17.3 Å². The van der Waals surface area contributed by atoms with Crippen molar-refractivity contribution in [3.05, 3.63) is 23.8 Å². The maximum absolute atomic E-state index is 11.3. The van der Waals surface area contributed by atoms with Crippen LogP contribution in [-0.2, 0) is 15.3 Å². The molecule has 0 fully saturated rings. The number of benzene rings is 1. The van der Waals surface area contributed by atoms with Crippen molar-refractivity contribution in [2.45, 2.75) is 25.1 Å². The fraction of sp³-hybridized carbons (Fsp3) is 0.429. The number of fused-ring (bicyclic) bond motifs is 1. The predicted molar refractivity (Wildman–Crippen MR) is 78.6 cm³/mol. The fourth-order valence-corrected chi connectivity index (χ4v) is 2.79. The second-order valence-corrected chi connectivity index (χ2v) is 5.54. The highest BCUT2D eigenvalue weighted by atomic mass is 32.2. The Morgan fingerprint density at radius 2 is 2.14 bits per heavy atom. The molecule has 1 heterocycles. The standard InChI is InChI=1S/C14H17NO5S/c1-2-13(16)15-10(14(17)18)7-21-6-9-3-4-11-12(5-9)20-8-19-11/h3-5,10H,2,6-8H2,1H3,(H,15,16)(H,17,18). The van der Waals surface area contributed by atoms with E-state index >= 15 is 0 Å². The van der Waals surface area contributed by atoms with Gasteiger partial charge in [0.25, 0.3) is 0 Å². The first-order valence-corrected chi connectivity index (χ1v) is 7.74. The molecule has 1 aliphatic heterocycles. The van der Waals surface area contributed by atoms with Gasteiger partial charge in [-0.3, -0.25) is 4.79 Å². The Morgan fingerprint density at radius 3 is 2.86 bits per heavy atom. The highest BCUT2D eigenvalue weighted by Gasteiger charge is 2.19. The summed E-state index contributed by atoms with van der Waals surface area (Å²) in [4.78, 5) is 22.4. The maximum Gasteiger partial charge on any atom is 0.327 e. The van der Waals surface area contributed by atoms with Crippen molar-refractivity contribution >= 4 is 23.6 Å². The number of rotatable bonds is 7. The first kappa shape index (κ1) is 15.5. The van der Waals surface area contributed by atoms with Crippen molar-refractivity contribution in [3.8, 4) is 11.5 Å². The zero-order valence-electron chi connectivity index (χ0n) is 11.6. The number of nitrogens with one attached hydrogen (secondary N) is 1. The van der Waals surface area contributed by atoms with E-state index in [0.717, 1.165) is 11.3 Å².